The lowest BCUT2D eigenvalue weighted by Gasteiger charge is -2.17. The van der Waals surface area contributed by atoms with Gasteiger partial charge in [0, 0.05) is 5.69 Å². The predicted octanol–water partition coefficient (Wildman–Crippen LogP) is 4.33. The maximum absolute atomic E-state index is 13.2. The van der Waals surface area contributed by atoms with E-state index >= 15 is 0 Å². The van der Waals surface area contributed by atoms with Gasteiger partial charge in [0.1, 0.15) is 10.6 Å². The van der Waals surface area contributed by atoms with Crippen LogP contribution in [-0.4, -0.2) is 19.4 Å². The van der Waals surface area contributed by atoms with Gasteiger partial charge in [-0.05, 0) is 55.7 Å². The number of amides is 1. The molecule has 3 rings (SSSR count). The van der Waals surface area contributed by atoms with Gasteiger partial charge in [0.2, 0.25) is 15.7 Å². The molecule has 0 unspecified atom stereocenters. The lowest BCUT2D eigenvalue weighted by molar-refractivity contribution is -0.115. The second-order valence-electron chi connectivity index (χ2n) is 7.07. The molecule has 0 aliphatic heterocycles. The van der Waals surface area contributed by atoms with Gasteiger partial charge in [-0.2, -0.15) is 0 Å². The number of aromatic hydroxyl groups is 1. The first-order valence-corrected chi connectivity index (χ1v) is 10.7. The summed E-state index contributed by atoms with van der Waals surface area (Å²) in [7, 11) is -3.96. The molecule has 29 heavy (non-hydrogen) atoms. The van der Waals surface area contributed by atoms with Gasteiger partial charge in [0.15, 0.2) is 0 Å². The van der Waals surface area contributed by atoms with Crippen molar-refractivity contribution in [3.63, 3.8) is 0 Å². The lowest BCUT2D eigenvalue weighted by Crippen LogP contribution is -2.16. The molecule has 3 aromatic rings. The second-order valence-corrected chi connectivity index (χ2v) is 8.96. The van der Waals surface area contributed by atoms with E-state index in [1.165, 1.54) is 12.1 Å². The van der Waals surface area contributed by atoms with E-state index in [2.05, 4.69) is 5.32 Å². The summed E-state index contributed by atoms with van der Waals surface area (Å²) in [6, 6.07) is 17.3. The molecule has 0 heterocycles. The molecule has 0 spiro atoms. The van der Waals surface area contributed by atoms with Crippen molar-refractivity contribution in [3.05, 3.63) is 82.9 Å². The highest BCUT2D eigenvalue weighted by Crippen LogP contribution is 2.38. The van der Waals surface area contributed by atoms with E-state index in [1.54, 1.807) is 32.0 Å². The minimum absolute atomic E-state index is 0.0914. The van der Waals surface area contributed by atoms with Gasteiger partial charge in [0.05, 0.1) is 11.3 Å². The second kappa shape index (κ2) is 8.09. The molecular formula is C23H23NO4S. The maximum atomic E-state index is 13.2. The summed E-state index contributed by atoms with van der Waals surface area (Å²) in [6.07, 6.45) is 0.167. The van der Waals surface area contributed by atoms with E-state index in [4.69, 9.17) is 0 Å². The largest absolute Gasteiger partial charge is 0.506 e. The molecular weight excluding hydrogens is 386 g/mol. The fraction of sp³-hybridized carbons (Fsp3) is 0.174. The quantitative estimate of drug-likeness (QED) is 0.615. The zero-order chi connectivity index (χ0) is 21.2. The van der Waals surface area contributed by atoms with Gasteiger partial charge >= 0.3 is 0 Å². The molecule has 0 aliphatic carbocycles. The molecule has 6 heteroatoms. The summed E-state index contributed by atoms with van der Waals surface area (Å²) in [5, 5.41) is 13.3. The Hall–Kier alpha value is -3.12. The van der Waals surface area contributed by atoms with E-state index in [9.17, 15) is 18.3 Å². The Kier molecular flexibility index (Phi) is 5.75. The molecule has 0 fully saturated rings. The van der Waals surface area contributed by atoms with E-state index in [-0.39, 0.29) is 27.9 Å². The molecule has 0 aromatic heterocycles. The number of phenols is 1. The van der Waals surface area contributed by atoms with Crippen LogP contribution in [0.1, 0.15) is 22.3 Å². The number of benzene rings is 3. The van der Waals surface area contributed by atoms with Gasteiger partial charge in [-0.1, -0.05) is 48.0 Å². The number of nitrogens with one attached hydrogen (secondary N) is 1. The van der Waals surface area contributed by atoms with Crippen LogP contribution in [0.3, 0.4) is 0 Å². The summed E-state index contributed by atoms with van der Waals surface area (Å²) >= 11 is 0. The van der Waals surface area contributed by atoms with E-state index in [0.29, 0.717) is 16.8 Å². The number of rotatable bonds is 5. The van der Waals surface area contributed by atoms with Crippen molar-refractivity contribution in [2.45, 2.75) is 37.0 Å². The van der Waals surface area contributed by atoms with Crippen LogP contribution in [0.2, 0.25) is 0 Å². The highest BCUT2D eigenvalue weighted by molar-refractivity contribution is 7.91. The van der Waals surface area contributed by atoms with Gasteiger partial charge in [-0.15, -0.1) is 0 Å². The van der Waals surface area contributed by atoms with Crippen LogP contribution in [0.25, 0.3) is 0 Å². The Balaban J connectivity index is 2.00. The van der Waals surface area contributed by atoms with Gasteiger partial charge in [-0.25, -0.2) is 8.42 Å². The van der Waals surface area contributed by atoms with Gasteiger partial charge in [0.25, 0.3) is 0 Å². The number of anilines is 1. The van der Waals surface area contributed by atoms with Crippen LogP contribution in [0.15, 0.2) is 70.5 Å². The van der Waals surface area contributed by atoms with Crippen LogP contribution in [-0.2, 0) is 21.1 Å². The van der Waals surface area contributed by atoms with Gasteiger partial charge < -0.3 is 10.4 Å². The molecule has 0 saturated heterocycles. The molecule has 0 radical (unpaired) electrons. The highest BCUT2D eigenvalue weighted by Gasteiger charge is 2.27. The van der Waals surface area contributed by atoms with Crippen molar-refractivity contribution < 1.29 is 18.3 Å². The van der Waals surface area contributed by atoms with Crippen LogP contribution < -0.4 is 5.32 Å². The van der Waals surface area contributed by atoms with Crippen LogP contribution in [0.4, 0.5) is 5.69 Å². The monoisotopic (exact) mass is 409 g/mol. The number of sulfone groups is 1. The third-order valence-corrected chi connectivity index (χ3v) is 6.71. The number of carbonyl (C=O) groups excluding carboxylic acids is 1. The van der Waals surface area contributed by atoms with Crippen molar-refractivity contribution in [2.75, 3.05) is 5.32 Å². The molecule has 150 valence electrons. The SMILES string of the molecule is Cc1ccc(S(=O)(=O)c2c(C)c(NC(=O)Cc3ccccc3)cc(C)c2O)cc1. The molecule has 1 amide bonds. The van der Waals surface area contributed by atoms with E-state index in [0.717, 1.165) is 11.1 Å². The highest BCUT2D eigenvalue weighted by atomic mass is 32.2. The summed E-state index contributed by atoms with van der Waals surface area (Å²) in [6.45, 7) is 5.06. The summed E-state index contributed by atoms with van der Waals surface area (Å²) in [4.78, 5) is 12.4. The standard InChI is InChI=1S/C23H23NO4S/c1-15-9-11-19(12-10-15)29(27,28)23-17(3)20(13-16(2)22(23)26)24-21(25)14-18-7-5-4-6-8-18/h4-13,26H,14H2,1-3H3,(H,24,25). The van der Waals surface area contributed by atoms with E-state index in [1.807, 2.05) is 37.3 Å². The van der Waals surface area contributed by atoms with Crippen molar-refractivity contribution in [1.29, 1.82) is 0 Å². The first-order chi connectivity index (χ1) is 13.7. The molecule has 0 saturated carbocycles. The van der Waals surface area contributed by atoms with Crippen molar-refractivity contribution in [1.82, 2.24) is 0 Å². The lowest BCUT2D eigenvalue weighted by atomic mass is 10.1. The van der Waals surface area contributed by atoms with Crippen LogP contribution in [0, 0.1) is 20.8 Å². The number of hydrogen-bond acceptors (Lipinski definition) is 4. The first-order valence-electron chi connectivity index (χ1n) is 9.19. The van der Waals surface area contributed by atoms with Crippen LogP contribution in [0.5, 0.6) is 5.75 Å². The van der Waals surface area contributed by atoms with Crippen LogP contribution >= 0.6 is 0 Å². The topological polar surface area (TPSA) is 83.5 Å². The Bertz CT molecular complexity index is 1150. The molecule has 3 aromatic carbocycles. The number of aryl methyl sites for hydroxylation is 2. The number of hydrogen-bond donors (Lipinski definition) is 2. The normalized spacial score (nSPS) is 11.3. The van der Waals surface area contributed by atoms with Crippen molar-refractivity contribution >= 4 is 21.4 Å². The third kappa shape index (κ3) is 4.32. The molecule has 0 atom stereocenters. The summed E-state index contributed by atoms with van der Waals surface area (Å²) < 4.78 is 26.4. The zero-order valence-corrected chi connectivity index (χ0v) is 17.4. The maximum Gasteiger partial charge on any atom is 0.228 e. The third-order valence-electron chi connectivity index (χ3n) is 4.78. The Morgan fingerprint density at radius 3 is 2.21 bits per heavy atom. The molecule has 2 N–H and O–H groups in total. The smallest absolute Gasteiger partial charge is 0.228 e. The Morgan fingerprint density at radius 1 is 0.966 bits per heavy atom. The van der Waals surface area contributed by atoms with Crippen molar-refractivity contribution in [3.8, 4) is 5.75 Å². The average molecular weight is 410 g/mol. The Labute approximate surface area is 171 Å². The summed E-state index contributed by atoms with van der Waals surface area (Å²) in [5.74, 6) is -0.563. The van der Waals surface area contributed by atoms with E-state index < -0.39 is 9.84 Å². The number of carbonyl (C=O) groups is 1. The minimum atomic E-state index is -3.96. The fourth-order valence-electron chi connectivity index (χ4n) is 3.14. The fourth-order valence-corrected chi connectivity index (χ4v) is 4.80. The first kappa shape index (κ1) is 20.6. The number of phenolic OH excluding ortho intramolecular Hbond substituents is 1. The van der Waals surface area contributed by atoms with Crippen molar-refractivity contribution in [2.24, 2.45) is 0 Å². The Morgan fingerprint density at radius 2 is 1.59 bits per heavy atom. The molecule has 5 nitrogen and oxygen atoms in total. The van der Waals surface area contributed by atoms with Gasteiger partial charge in [-0.3, -0.25) is 4.79 Å². The zero-order valence-electron chi connectivity index (χ0n) is 16.6. The summed E-state index contributed by atoms with van der Waals surface area (Å²) in [5.41, 5.74) is 2.83. The average Bonchev–Trinajstić information content (AvgIpc) is 2.67. The predicted molar refractivity (Wildman–Crippen MR) is 113 cm³/mol. The molecule has 0 bridgehead atoms. The minimum Gasteiger partial charge on any atom is -0.506 e. The molecule has 0 aliphatic rings.